The van der Waals surface area contributed by atoms with Crippen LogP contribution in [-0.4, -0.2) is 11.8 Å². The minimum Gasteiger partial charge on any atom is -0.489 e. The van der Waals surface area contributed by atoms with Crippen LogP contribution in [0.25, 0.3) is 12.2 Å². The normalized spacial score (nSPS) is 16.6. The number of halogens is 4. The number of ether oxygens (including phenoxy) is 2. The summed E-state index contributed by atoms with van der Waals surface area (Å²) < 4.78 is 63.9. The van der Waals surface area contributed by atoms with Gasteiger partial charge in [-0.05, 0) is 143 Å². The largest absolute Gasteiger partial charge is 0.489 e. The predicted molar refractivity (Wildman–Crippen MR) is 286 cm³/mol. The molecule has 0 radical (unpaired) electrons. The van der Waals surface area contributed by atoms with Crippen molar-refractivity contribution in [1.82, 2.24) is 0 Å². The number of hydrogen-bond acceptors (Lipinski definition) is 4. The molecule has 2 aliphatic heterocycles. The van der Waals surface area contributed by atoms with Crippen molar-refractivity contribution in [1.29, 1.82) is 0 Å². The van der Waals surface area contributed by atoms with E-state index in [1.165, 1.54) is 48.5 Å². The Morgan fingerprint density at radius 1 is 0.432 bits per heavy atom. The van der Waals surface area contributed by atoms with Gasteiger partial charge in [0.15, 0.2) is 0 Å². The number of nitrogens with zero attached hydrogens (tertiary/aromatic N) is 2. The van der Waals surface area contributed by atoms with E-state index in [9.17, 15) is 27.2 Å². The zero-order valence-corrected chi connectivity index (χ0v) is 40.5. The molecule has 10 rings (SSSR count). The van der Waals surface area contributed by atoms with E-state index in [2.05, 4.69) is 13.2 Å². The smallest absolute Gasteiger partial charge is 0.233 e. The Morgan fingerprint density at radius 3 is 1.18 bits per heavy atom. The van der Waals surface area contributed by atoms with Crippen molar-refractivity contribution in [2.75, 3.05) is 9.80 Å². The third kappa shape index (κ3) is 13.2. The number of allylic oxidation sites excluding steroid dienone is 2. The molecule has 2 fully saturated rings. The number of carbonyl (C=O) groups is 2. The molecule has 0 N–H and O–H groups in total. The molecule has 2 saturated heterocycles. The van der Waals surface area contributed by atoms with Gasteiger partial charge in [0.25, 0.3) is 0 Å². The van der Waals surface area contributed by atoms with Crippen molar-refractivity contribution in [3.63, 3.8) is 0 Å². The third-order valence-corrected chi connectivity index (χ3v) is 12.7. The average molecular weight is 991 g/mol. The average Bonchev–Trinajstić information content (AvgIpc) is 3.44. The van der Waals surface area contributed by atoms with Gasteiger partial charge in [-0.2, -0.15) is 0 Å². The van der Waals surface area contributed by atoms with Crippen LogP contribution in [-0.2, 0) is 22.8 Å². The van der Waals surface area contributed by atoms with Crippen molar-refractivity contribution >= 4 is 35.3 Å². The van der Waals surface area contributed by atoms with Gasteiger partial charge in [-0.25, -0.2) is 17.6 Å². The molecule has 372 valence electrons. The number of benzene rings is 8. The Morgan fingerprint density at radius 2 is 0.797 bits per heavy atom. The highest BCUT2D eigenvalue weighted by Crippen LogP contribution is 2.47. The van der Waals surface area contributed by atoms with Crippen molar-refractivity contribution in [2.24, 2.45) is 11.8 Å². The van der Waals surface area contributed by atoms with Crippen LogP contribution >= 0.6 is 0 Å². The molecular weight excluding hydrogens is 937 g/mol. The van der Waals surface area contributed by atoms with Crippen molar-refractivity contribution in [3.8, 4) is 11.5 Å². The van der Waals surface area contributed by atoms with Gasteiger partial charge in [0.1, 0.15) is 48.0 Å². The Labute approximate surface area is 429 Å². The van der Waals surface area contributed by atoms with E-state index >= 15 is 0 Å². The number of rotatable bonds is 16. The number of amides is 2. The summed E-state index contributed by atoms with van der Waals surface area (Å²) >= 11 is 0. The molecule has 2 aliphatic rings. The highest BCUT2D eigenvalue weighted by Gasteiger charge is 2.49. The highest BCUT2D eigenvalue weighted by molar-refractivity contribution is 6.04. The van der Waals surface area contributed by atoms with E-state index in [-0.39, 0.29) is 59.0 Å². The topological polar surface area (TPSA) is 59.1 Å². The van der Waals surface area contributed by atoms with E-state index in [4.69, 9.17) is 9.47 Å². The number of β-lactam (4-membered cyclic amide) rings is 2. The molecule has 10 heteroatoms. The molecule has 0 aliphatic carbocycles. The monoisotopic (exact) mass is 990 g/mol. The van der Waals surface area contributed by atoms with Gasteiger partial charge in [-0.1, -0.05) is 140 Å². The van der Waals surface area contributed by atoms with E-state index in [0.29, 0.717) is 37.4 Å². The van der Waals surface area contributed by atoms with Crippen molar-refractivity contribution in [3.05, 3.63) is 288 Å². The lowest BCUT2D eigenvalue weighted by molar-refractivity contribution is -0.131. The Kier molecular flexibility index (Phi) is 17.5. The van der Waals surface area contributed by atoms with Crippen LogP contribution in [0.5, 0.6) is 11.5 Å². The van der Waals surface area contributed by atoms with Gasteiger partial charge in [0, 0.05) is 11.4 Å². The Balaban J connectivity index is 0.000000171. The van der Waals surface area contributed by atoms with Crippen LogP contribution in [0.2, 0.25) is 0 Å². The summed E-state index contributed by atoms with van der Waals surface area (Å²) in [5, 5.41) is 0. The molecule has 0 bridgehead atoms. The second-order valence-electron chi connectivity index (χ2n) is 17.6. The fourth-order valence-corrected chi connectivity index (χ4v) is 8.81. The summed E-state index contributed by atoms with van der Waals surface area (Å²) in [5.41, 5.74) is 7.36. The molecule has 8 aromatic rings. The van der Waals surface area contributed by atoms with Gasteiger partial charge < -0.3 is 19.3 Å². The molecule has 0 aromatic heterocycles. The lowest BCUT2D eigenvalue weighted by Crippen LogP contribution is -2.55. The highest BCUT2D eigenvalue weighted by atomic mass is 19.1. The Bertz CT molecular complexity index is 3120. The molecule has 0 spiro atoms. The molecule has 2 heterocycles. The maximum atomic E-state index is 13.5. The molecule has 2 amide bonds. The summed E-state index contributed by atoms with van der Waals surface area (Å²) in [5.74, 6) is -0.0377. The zero-order chi connectivity index (χ0) is 51.8. The maximum absolute atomic E-state index is 13.5. The van der Waals surface area contributed by atoms with Crippen LogP contribution in [0.3, 0.4) is 0 Å². The van der Waals surface area contributed by atoms with E-state index in [0.717, 1.165) is 44.9 Å². The van der Waals surface area contributed by atoms with Gasteiger partial charge in [-0.3, -0.25) is 9.59 Å². The summed E-state index contributed by atoms with van der Waals surface area (Å²) in [6, 6.07) is 59.7. The molecule has 4 atom stereocenters. The fourth-order valence-electron chi connectivity index (χ4n) is 8.81. The quantitative estimate of drug-likeness (QED) is 0.0550. The van der Waals surface area contributed by atoms with Gasteiger partial charge in [0.05, 0.1) is 23.9 Å². The lowest BCUT2D eigenvalue weighted by atomic mass is 9.79. The Hall–Kier alpha value is -8.76. The molecule has 6 nitrogen and oxygen atoms in total. The standard InChI is InChI=1S/C31H25F2NO2.C25H22FNO2.C8H7F/c32-25-13-9-22(10-14-25)7-4-8-29-30(34(31(29)35)27-17-15-26(33)16-18-27)24-11-19-28(20-12-24)36-21-23-5-2-1-3-6-23;1-2-6-23-24(27(25(23)28)21-13-11-20(26)12-14-21)19-9-15-22(16-10-19)29-17-18-7-4-3-5-8-18;1-2-7-3-5-8(9)6-4-7/h1-7,9-20,29-30H,8,21H2;2-5,7-16,23-24H,1,6,17H2;2-6H,1H2/b7-4+;;/t29-,30-;23-,24-;/m11./s1. The lowest BCUT2D eigenvalue weighted by Gasteiger charge is -2.47. The molecular formula is C64H54F4N2O4. The minimum atomic E-state index is -0.345. The number of anilines is 2. The van der Waals surface area contributed by atoms with Gasteiger partial charge in [0.2, 0.25) is 11.8 Å². The summed E-state index contributed by atoms with van der Waals surface area (Å²) in [6.45, 7) is 8.30. The maximum Gasteiger partial charge on any atom is 0.233 e. The molecule has 0 unspecified atom stereocenters. The molecule has 8 aromatic carbocycles. The van der Waals surface area contributed by atoms with Crippen molar-refractivity contribution < 1.29 is 36.6 Å². The van der Waals surface area contributed by atoms with Gasteiger partial charge >= 0.3 is 0 Å². The van der Waals surface area contributed by atoms with E-state index in [1.807, 2.05) is 121 Å². The molecule has 0 saturated carbocycles. The van der Waals surface area contributed by atoms with E-state index < -0.39 is 0 Å². The minimum absolute atomic E-state index is 0.0141. The van der Waals surface area contributed by atoms with E-state index in [1.54, 1.807) is 70.5 Å². The molecule has 74 heavy (non-hydrogen) atoms. The fraction of sp³-hybridized carbons (Fsp3) is 0.125. The van der Waals surface area contributed by atoms with Crippen molar-refractivity contribution in [2.45, 2.75) is 38.1 Å². The number of hydrogen-bond donors (Lipinski definition) is 0. The SMILES string of the molecule is C=CC[C@H]1C(=O)N(c2ccc(F)cc2)[C@@H]1c1ccc(OCc2ccccc2)cc1.C=Cc1ccc(F)cc1.O=C1[C@H](C/C=C/c2ccc(F)cc2)[C@@H](c2ccc(OCc3ccccc3)cc2)N1c1ccc(F)cc1. The summed E-state index contributed by atoms with van der Waals surface area (Å²) in [7, 11) is 0. The zero-order valence-electron chi connectivity index (χ0n) is 40.5. The first-order chi connectivity index (χ1) is 36.1. The van der Waals surface area contributed by atoms with Gasteiger partial charge in [-0.15, -0.1) is 6.58 Å². The second-order valence-corrected chi connectivity index (χ2v) is 17.6. The van der Waals surface area contributed by atoms with Crippen LogP contribution in [0.4, 0.5) is 28.9 Å². The first kappa shape index (κ1) is 51.6. The van der Waals surface area contributed by atoms with Crippen LogP contribution in [0.15, 0.2) is 232 Å². The predicted octanol–water partition coefficient (Wildman–Crippen LogP) is 15.5. The van der Waals surface area contributed by atoms with Crippen LogP contribution < -0.4 is 19.3 Å². The third-order valence-electron chi connectivity index (χ3n) is 12.7. The summed E-state index contributed by atoms with van der Waals surface area (Å²) in [6.07, 6.45) is 8.43. The second kappa shape index (κ2) is 25.1. The summed E-state index contributed by atoms with van der Waals surface area (Å²) in [4.78, 5) is 29.3. The first-order valence-electron chi connectivity index (χ1n) is 24.2. The first-order valence-corrected chi connectivity index (χ1v) is 24.2. The number of carbonyl (C=O) groups excluding carboxylic acids is 2. The van der Waals surface area contributed by atoms with Crippen LogP contribution in [0.1, 0.15) is 58.3 Å². The van der Waals surface area contributed by atoms with Crippen LogP contribution in [0, 0.1) is 35.1 Å².